The summed E-state index contributed by atoms with van der Waals surface area (Å²) >= 11 is 5.70. The van der Waals surface area contributed by atoms with Crippen LogP contribution in [-0.2, 0) is 0 Å². The van der Waals surface area contributed by atoms with E-state index < -0.39 is 11.7 Å². The van der Waals surface area contributed by atoms with Gasteiger partial charge in [-0.3, -0.25) is 9.78 Å². The second-order valence-electron chi connectivity index (χ2n) is 3.18. The van der Waals surface area contributed by atoms with E-state index in [4.69, 9.17) is 11.6 Å². The Morgan fingerprint density at radius 1 is 1.73 bits per heavy atom. The van der Waals surface area contributed by atoms with E-state index in [1.807, 2.05) is 6.92 Å². The van der Waals surface area contributed by atoms with Gasteiger partial charge < -0.3 is 5.32 Å². The van der Waals surface area contributed by atoms with Gasteiger partial charge in [-0.2, -0.15) is 0 Å². The molecule has 0 saturated carbocycles. The number of hydrogen-bond donors (Lipinski definition) is 1. The molecule has 0 spiro atoms. The van der Waals surface area contributed by atoms with Crippen LogP contribution in [-0.4, -0.2) is 22.8 Å². The summed E-state index contributed by atoms with van der Waals surface area (Å²) in [6.45, 7) is 2.27. The van der Waals surface area contributed by atoms with Crippen LogP contribution in [0.3, 0.4) is 0 Å². The number of aromatic nitrogens is 1. The lowest BCUT2D eigenvalue weighted by Crippen LogP contribution is -2.26. The first-order valence-electron chi connectivity index (χ1n) is 4.63. The topological polar surface area (TPSA) is 42.0 Å². The van der Waals surface area contributed by atoms with E-state index in [1.165, 1.54) is 12.3 Å². The molecule has 1 amide bonds. The largest absolute Gasteiger partial charge is 0.352 e. The van der Waals surface area contributed by atoms with Gasteiger partial charge in [-0.1, -0.05) is 0 Å². The monoisotopic (exact) mass is 230 g/mol. The van der Waals surface area contributed by atoms with Crippen molar-refractivity contribution in [2.45, 2.75) is 18.7 Å². The summed E-state index contributed by atoms with van der Waals surface area (Å²) in [6.07, 6.45) is 3.04. The maximum absolute atomic E-state index is 13.1. The molecule has 1 rings (SSSR count). The summed E-state index contributed by atoms with van der Waals surface area (Å²) in [5, 5.41) is 2.57. The molecule has 0 radical (unpaired) electrons. The molecule has 5 heteroatoms. The lowest BCUT2D eigenvalue weighted by atomic mass is 10.2. The third-order valence-corrected chi connectivity index (χ3v) is 2.06. The van der Waals surface area contributed by atoms with Crippen molar-refractivity contribution < 1.29 is 9.18 Å². The van der Waals surface area contributed by atoms with Crippen LogP contribution >= 0.6 is 11.6 Å². The Kier molecular flexibility index (Phi) is 4.49. The number of nitrogens with one attached hydrogen (secondary N) is 1. The molecule has 0 aliphatic carbocycles. The molecule has 1 unspecified atom stereocenters. The van der Waals surface area contributed by atoms with Crippen molar-refractivity contribution in [2.75, 3.05) is 6.54 Å². The van der Waals surface area contributed by atoms with Gasteiger partial charge in [0, 0.05) is 18.1 Å². The molecule has 1 atom stereocenters. The minimum Gasteiger partial charge on any atom is -0.352 e. The summed E-state index contributed by atoms with van der Waals surface area (Å²) in [4.78, 5) is 15.0. The zero-order chi connectivity index (χ0) is 11.3. The summed E-state index contributed by atoms with van der Waals surface area (Å²) in [5.74, 6) is -1.05. The molecule has 0 fully saturated rings. The SMILES string of the molecule is CC(Cl)CCNC(=O)c1ccncc1F. The second-order valence-corrected chi connectivity index (χ2v) is 3.93. The fourth-order valence-electron chi connectivity index (χ4n) is 1.04. The third-order valence-electron chi connectivity index (χ3n) is 1.84. The molecule has 0 saturated heterocycles. The molecule has 1 heterocycles. The molecular weight excluding hydrogens is 219 g/mol. The summed E-state index contributed by atoms with van der Waals surface area (Å²) in [5.41, 5.74) is 0.00669. The smallest absolute Gasteiger partial charge is 0.254 e. The Labute approximate surface area is 92.7 Å². The van der Waals surface area contributed by atoms with E-state index in [9.17, 15) is 9.18 Å². The first kappa shape index (κ1) is 11.9. The zero-order valence-corrected chi connectivity index (χ0v) is 9.09. The van der Waals surface area contributed by atoms with E-state index in [0.717, 1.165) is 6.20 Å². The minimum atomic E-state index is -0.617. The molecule has 0 aliphatic rings. The van der Waals surface area contributed by atoms with Gasteiger partial charge in [0.1, 0.15) is 0 Å². The Hall–Kier alpha value is -1.16. The van der Waals surface area contributed by atoms with Crippen molar-refractivity contribution in [3.8, 4) is 0 Å². The number of nitrogens with zero attached hydrogens (tertiary/aromatic N) is 1. The number of halogens is 2. The molecule has 0 bridgehead atoms. The predicted molar refractivity (Wildman–Crippen MR) is 56.5 cm³/mol. The lowest BCUT2D eigenvalue weighted by Gasteiger charge is -2.06. The van der Waals surface area contributed by atoms with Crippen LogP contribution in [0.4, 0.5) is 4.39 Å². The summed E-state index contributed by atoms with van der Waals surface area (Å²) in [7, 11) is 0. The van der Waals surface area contributed by atoms with Crippen LogP contribution in [0.1, 0.15) is 23.7 Å². The number of alkyl halides is 1. The van der Waals surface area contributed by atoms with Gasteiger partial charge in [-0.05, 0) is 19.4 Å². The summed E-state index contributed by atoms with van der Waals surface area (Å²) < 4.78 is 13.1. The number of hydrogen-bond acceptors (Lipinski definition) is 2. The average molecular weight is 231 g/mol. The standard InChI is InChI=1S/C10H12ClFN2O/c1-7(11)2-5-14-10(15)8-3-4-13-6-9(8)12/h3-4,6-7H,2,5H2,1H3,(H,14,15). The maximum atomic E-state index is 13.1. The Bertz CT molecular complexity index is 344. The van der Waals surface area contributed by atoms with Crippen LogP contribution in [0.5, 0.6) is 0 Å². The number of carbonyl (C=O) groups excluding carboxylic acids is 1. The fraction of sp³-hybridized carbons (Fsp3) is 0.400. The quantitative estimate of drug-likeness (QED) is 0.804. The van der Waals surface area contributed by atoms with Gasteiger partial charge in [-0.25, -0.2) is 4.39 Å². The van der Waals surface area contributed by atoms with Gasteiger partial charge in [-0.15, -0.1) is 11.6 Å². The normalized spacial score (nSPS) is 12.2. The molecule has 15 heavy (non-hydrogen) atoms. The van der Waals surface area contributed by atoms with Crippen LogP contribution in [0, 0.1) is 5.82 Å². The van der Waals surface area contributed by atoms with Crippen LogP contribution in [0.15, 0.2) is 18.5 Å². The molecule has 1 aromatic rings. The molecule has 1 aromatic heterocycles. The van der Waals surface area contributed by atoms with Crippen molar-refractivity contribution in [3.05, 3.63) is 29.8 Å². The Morgan fingerprint density at radius 3 is 3.07 bits per heavy atom. The van der Waals surface area contributed by atoms with Crippen molar-refractivity contribution in [3.63, 3.8) is 0 Å². The van der Waals surface area contributed by atoms with Gasteiger partial charge in [0.15, 0.2) is 5.82 Å². The molecule has 0 aromatic carbocycles. The van der Waals surface area contributed by atoms with Gasteiger partial charge in [0.05, 0.1) is 11.8 Å². The molecule has 0 aliphatic heterocycles. The van der Waals surface area contributed by atoms with E-state index in [0.29, 0.717) is 13.0 Å². The highest BCUT2D eigenvalue weighted by Crippen LogP contribution is 2.04. The number of pyridine rings is 1. The van der Waals surface area contributed by atoms with Crippen LogP contribution < -0.4 is 5.32 Å². The molecule has 82 valence electrons. The van der Waals surface area contributed by atoms with Crippen molar-refractivity contribution in [1.29, 1.82) is 0 Å². The number of rotatable bonds is 4. The predicted octanol–water partition coefficient (Wildman–Crippen LogP) is 1.97. The van der Waals surface area contributed by atoms with Gasteiger partial charge in [0.25, 0.3) is 5.91 Å². The third kappa shape index (κ3) is 3.83. The Balaban J connectivity index is 2.51. The minimum absolute atomic E-state index is 0.00669. The summed E-state index contributed by atoms with van der Waals surface area (Å²) in [6, 6.07) is 1.34. The highest BCUT2D eigenvalue weighted by molar-refractivity contribution is 6.20. The fourth-order valence-corrected chi connectivity index (χ4v) is 1.15. The van der Waals surface area contributed by atoms with E-state index in [1.54, 1.807) is 0 Å². The van der Waals surface area contributed by atoms with Gasteiger partial charge in [0.2, 0.25) is 0 Å². The van der Waals surface area contributed by atoms with E-state index in [-0.39, 0.29) is 10.9 Å². The highest BCUT2D eigenvalue weighted by Gasteiger charge is 2.10. The second kappa shape index (κ2) is 5.66. The van der Waals surface area contributed by atoms with Crippen LogP contribution in [0.25, 0.3) is 0 Å². The van der Waals surface area contributed by atoms with E-state index in [2.05, 4.69) is 10.3 Å². The highest BCUT2D eigenvalue weighted by atomic mass is 35.5. The van der Waals surface area contributed by atoms with E-state index >= 15 is 0 Å². The zero-order valence-electron chi connectivity index (χ0n) is 8.34. The molecule has 3 nitrogen and oxygen atoms in total. The van der Waals surface area contributed by atoms with Crippen molar-refractivity contribution >= 4 is 17.5 Å². The van der Waals surface area contributed by atoms with Crippen LogP contribution in [0.2, 0.25) is 0 Å². The lowest BCUT2D eigenvalue weighted by molar-refractivity contribution is 0.0949. The van der Waals surface area contributed by atoms with Crippen molar-refractivity contribution in [1.82, 2.24) is 10.3 Å². The van der Waals surface area contributed by atoms with Crippen molar-refractivity contribution in [2.24, 2.45) is 0 Å². The average Bonchev–Trinajstić information content (AvgIpc) is 2.17. The molecular formula is C10H12ClFN2O. The number of carbonyl (C=O) groups is 1. The molecule has 1 N–H and O–H groups in total. The first-order valence-corrected chi connectivity index (χ1v) is 5.06. The Morgan fingerprint density at radius 2 is 2.47 bits per heavy atom. The van der Waals surface area contributed by atoms with Gasteiger partial charge >= 0.3 is 0 Å². The number of amides is 1. The maximum Gasteiger partial charge on any atom is 0.254 e. The first-order chi connectivity index (χ1) is 7.11.